The van der Waals surface area contributed by atoms with E-state index >= 15 is 0 Å². The van der Waals surface area contributed by atoms with Crippen LogP contribution in [-0.2, 0) is 9.47 Å². The molecule has 0 aromatic rings. The van der Waals surface area contributed by atoms with Crippen LogP contribution in [0.3, 0.4) is 0 Å². The smallest absolute Gasteiger partial charge is 0.438 e. The fraction of sp³-hybridized carbons (Fsp3) is 0.889. The van der Waals surface area contributed by atoms with Crippen LogP contribution >= 0.6 is 0 Å². The van der Waals surface area contributed by atoms with E-state index in [4.69, 9.17) is 4.74 Å². The molecule has 0 saturated heterocycles. The van der Waals surface area contributed by atoms with Gasteiger partial charge < -0.3 is 9.47 Å². The fourth-order valence-corrected chi connectivity index (χ4v) is 1.53. The predicted octanol–water partition coefficient (Wildman–Crippen LogP) is 2.35. The summed E-state index contributed by atoms with van der Waals surface area (Å²) in [5.41, 5.74) is 0. The molecule has 0 atom stereocenters. The summed E-state index contributed by atoms with van der Waals surface area (Å²) in [5, 5.41) is 0. The molecule has 3 heteroatoms. The van der Waals surface area contributed by atoms with Gasteiger partial charge >= 0.3 is 6.16 Å². The fourth-order valence-electron chi connectivity index (χ4n) is 1.53. The van der Waals surface area contributed by atoms with Crippen molar-refractivity contribution in [2.45, 2.75) is 38.7 Å². The van der Waals surface area contributed by atoms with E-state index in [-0.39, 0.29) is 6.10 Å². The lowest BCUT2D eigenvalue weighted by Gasteiger charge is -2.25. The van der Waals surface area contributed by atoms with Gasteiger partial charge in [-0.05, 0) is 31.6 Å². The number of carbonyl (C=O) groups is 1. The molecule has 0 aliphatic heterocycles. The lowest BCUT2D eigenvalue weighted by molar-refractivity contribution is 0.0178. The summed E-state index contributed by atoms with van der Waals surface area (Å²) >= 11 is 0. The maximum absolute atomic E-state index is 10.7. The van der Waals surface area contributed by atoms with Gasteiger partial charge in [-0.25, -0.2) is 4.79 Å². The van der Waals surface area contributed by atoms with Crippen molar-refractivity contribution in [2.24, 2.45) is 5.92 Å². The van der Waals surface area contributed by atoms with Crippen molar-refractivity contribution in [1.82, 2.24) is 0 Å². The van der Waals surface area contributed by atoms with Crippen LogP contribution in [0.1, 0.15) is 32.6 Å². The van der Waals surface area contributed by atoms with Crippen molar-refractivity contribution in [2.75, 3.05) is 7.11 Å². The van der Waals surface area contributed by atoms with Crippen LogP contribution < -0.4 is 0 Å². The molecular weight excluding hydrogens is 156 g/mol. The molecule has 3 nitrogen and oxygen atoms in total. The van der Waals surface area contributed by atoms with Gasteiger partial charge in [0.25, 0.3) is 0 Å². The minimum atomic E-state index is -0.547. The first kappa shape index (κ1) is 9.36. The number of methoxy groups -OCH3 is 1. The second-order valence-corrected chi connectivity index (χ2v) is 3.45. The normalized spacial score (nSPS) is 29.5. The lowest BCUT2D eigenvalue weighted by atomic mass is 9.89. The summed E-state index contributed by atoms with van der Waals surface area (Å²) in [6, 6.07) is 0. The second kappa shape index (κ2) is 4.33. The number of hydrogen-bond acceptors (Lipinski definition) is 3. The molecule has 0 aromatic carbocycles. The van der Waals surface area contributed by atoms with E-state index in [0.29, 0.717) is 0 Å². The number of rotatable bonds is 1. The van der Waals surface area contributed by atoms with Gasteiger partial charge in [-0.1, -0.05) is 6.92 Å². The maximum atomic E-state index is 10.7. The van der Waals surface area contributed by atoms with Crippen LogP contribution in [0.25, 0.3) is 0 Å². The molecule has 1 aliphatic carbocycles. The van der Waals surface area contributed by atoms with E-state index in [0.717, 1.165) is 31.6 Å². The molecule has 0 bridgehead atoms. The Morgan fingerprint density at radius 3 is 2.33 bits per heavy atom. The highest BCUT2D eigenvalue weighted by Gasteiger charge is 2.21. The first-order valence-corrected chi connectivity index (χ1v) is 4.47. The molecule has 1 saturated carbocycles. The Morgan fingerprint density at radius 2 is 1.83 bits per heavy atom. The first-order chi connectivity index (χ1) is 5.72. The molecule has 0 aromatic heterocycles. The largest absolute Gasteiger partial charge is 0.508 e. The molecule has 0 radical (unpaired) electrons. The van der Waals surface area contributed by atoms with Crippen molar-refractivity contribution in [3.63, 3.8) is 0 Å². The summed E-state index contributed by atoms with van der Waals surface area (Å²) in [6.07, 6.45) is 3.82. The van der Waals surface area contributed by atoms with Gasteiger partial charge in [0.1, 0.15) is 6.10 Å². The SMILES string of the molecule is COC(=O)O[C@H]1CC[C@H](C)CC1. The Labute approximate surface area is 73.0 Å². The Balaban J connectivity index is 2.21. The van der Waals surface area contributed by atoms with E-state index in [1.54, 1.807) is 0 Å². The first-order valence-electron chi connectivity index (χ1n) is 4.47. The van der Waals surface area contributed by atoms with E-state index < -0.39 is 6.16 Å². The van der Waals surface area contributed by atoms with Crippen molar-refractivity contribution in [3.05, 3.63) is 0 Å². The van der Waals surface area contributed by atoms with Gasteiger partial charge in [-0.3, -0.25) is 0 Å². The topological polar surface area (TPSA) is 35.5 Å². The summed E-state index contributed by atoms with van der Waals surface area (Å²) in [7, 11) is 1.34. The second-order valence-electron chi connectivity index (χ2n) is 3.45. The number of carbonyl (C=O) groups excluding carboxylic acids is 1. The predicted molar refractivity (Wildman–Crippen MR) is 44.9 cm³/mol. The molecule has 1 rings (SSSR count). The maximum Gasteiger partial charge on any atom is 0.508 e. The third-order valence-corrected chi connectivity index (χ3v) is 2.39. The van der Waals surface area contributed by atoms with Crippen LogP contribution in [-0.4, -0.2) is 19.4 Å². The third-order valence-electron chi connectivity index (χ3n) is 2.39. The minimum Gasteiger partial charge on any atom is -0.438 e. The molecule has 0 N–H and O–H groups in total. The summed E-state index contributed by atoms with van der Waals surface area (Å²) in [5.74, 6) is 0.780. The summed E-state index contributed by atoms with van der Waals surface area (Å²) in [6.45, 7) is 2.23. The molecule has 0 amide bonds. The van der Waals surface area contributed by atoms with E-state index in [2.05, 4.69) is 11.7 Å². The van der Waals surface area contributed by atoms with Crippen LogP contribution in [0, 0.1) is 5.92 Å². The average molecular weight is 172 g/mol. The minimum absolute atomic E-state index is 0.0913. The molecule has 0 spiro atoms. The van der Waals surface area contributed by atoms with Crippen LogP contribution in [0.5, 0.6) is 0 Å². The summed E-state index contributed by atoms with van der Waals surface area (Å²) < 4.78 is 9.45. The highest BCUT2D eigenvalue weighted by molar-refractivity contribution is 5.59. The van der Waals surface area contributed by atoms with Crippen molar-refractivity contribution in [3.8, 4) is 0 Å². The number of ether oxygens (including phenoxy) is 2. The Kier molecular flexibility index (Phi) is 3.38. The molecule has 70 valence electrons. The zero-order chi connectivity index (χ0) is 8.97. The van der Waals surface area contributed by atoms with Crippen molar-refractivity contribution < 1.29 is 14.3 Å². The highest BCUT2D eigenvalue weighted by Crippen LogP contribution is 2.25. The van der Waals surface area contributed by atoms with Gasteiger partial charge in [0, 0.05) is 0 Å². The summed E-state index contributed by atoms with van der Waals surface area (Å²) in [4.78, 5) is 10.7. The standard InChI is InChI=1S/C9H16O3/c1-7-3-5-8(6-4-7)12-9(10)11-2/h7-8H,3-6H2,1-2H3/t7-,8-. The van der Waals surface area contributed by atoms with Gasteiger partial charge in [0.05, 0.1) is 7.11 Å². The molecule has 0 unspecified atom stereocenters. The lowest BCUT2D eigenvalue weighted by Crippen LogP contribution is -2.23. The Hall–Kier alpha value is -0.730. The van der Waals surface area contributed by atoms with Crippen LogP contribution in [0.4, 0.5) is 4.79 Å². The molecule has 0 heterocycles. The zero-order valence-electron chi connectivity index (χ0n) is 7.71. The quantitative estimate of drug-likeness (QED) is 0.569. The van der Waals surface area contributed by atoms with Gasteiger partial charge in [-0.2, -0.15) is 0 Å². The van der Waals surface area contributed by atoms with Crippen molar-refractivity contribution >= 4 is 6.16 Å². The van der Waals surface area contributed by atoms with E-state index in [1.807, 2.05) is 0 Å². The molecular formula is C9H16O3. The van der Waals surface area contributed by atoms with E-state index in [1.165, 1.54) is 7.11 Å². The molecule has 12 heavy (non-hydrogen) atoms. The average Bonchev–Trinajstić information content (AvgIpc) is 2.09. The molecule has 1 fully saturated rings. The Bertz CT molecular complexity index is 148. The molecule has 1 aliphatic rings. The van der Waals surface area contributed by atoms with Crippen LogP contribution in [0.2, 0.25) is 0 Å². The zero-order valence-corrected chi connectivity index (χ0v) is 7.71. The van der Waals surface area contributed by atoms with Crippen LogP contribution in [0.15, 0.2) is 0 Å². The van der Waals surface area contributed by atoms with Gasteiger partial charge in [-0.15, -0.1) is 0 Å². The van der Waals surface area contributed by atoms with Gasteiger partial charge in [0.2, 0.25) is 0 Å². The van der Waals surface area contributed by atoms with E-state index in [9.17, 15) is 4.79 Å². The Morgan fingerprint density at radius 1 is 1.25 bits per heavy atom. The monoisotopic (exact) mass is 172 g/mol. The highest BCUT2D eigenvalue weighted by atomic mass is 16.7. The van der Waals surface area contributed by atoms with Crippen molar-refractivity contribution in [1.29, 1.82) is 0 Å². The van der Waals surface area contributed by atoms with Gasteiger partial charge in [0.15, 0.2) is 0 Å². The number of hydrogen-bond donors (Lipinski definition) is 0. The third kappa shape index (κ3) is 2.72.